The number of rotatable bonds is 13. The van der Waals surface area contributed by atoms with Crippen molar-refractivity contribution in [3.05, 3.63) is 131 Å². The van der Waals surface area contributed by atoms with E-state index in [0.29, 0.717) is 10.7 Å². The molecule has 230 valence electrons. The summed E-state index contributed by atoms with van der Waals surface area (Å²) in [6.45, 7) is 5.40. The van der Waals surface area contributed by atoms with Gasteiger partial charge >= 0.3 is 0 Å². The number of carbonyl (C=O) groups is 2. The van der Waals surface area contributed by atoms with Crippen LogP contribution in [0.4, 0.5) is 5.69 Å². The minimum atomic E-state index is -4.19. The minimum absolute atomic E-state index is 0.000216. The number of benzene rings is 4. The number of aryl methyl sites for hydroxylation is 1. The number of nitrogens with one attached hydrogen (secondary N) is 1. The summed E-state index contributed by atoms with van der Waals surface area (Å²) in [5.41, 5.74) is 2.98. The maximum atomic E-state index is 14.4. The third-order valence-corrected chi connectivity index (χ3v) is 9.51. The molecular weight excluding hydrogens is 594 g/mol. The van der Waals surface area contributed by atoms with E-state index in [-0.39, 0.29) is 29.8 Å². The van der Waals surface area contributed by atoms with Gasteiger partial charge in [0, 0.05) is 24.0 Å². The Kier molecular flexibility index (Phi) is 11.2. The van der Waals surface area contributed by atoms with Gasteiger partial charge in [-0.1, -0.05) is 96.9 Å². The molecule has 4 aromatic carbocycles. The van der Waals surface area contributed by atoms with Crippen LogP contribution in [-0.4, -0.2) is 43.8 Å². The highest BCUT2D eigenvalue weighted by Gasteiger charge is 2.35. The first-order valence-corrected chi connectivity index (χ1v) is 16.4. The van der Waals surface area contributed by atoms with Gasteiger partial charge < -0.3 is 10.2 Å². The maximum absolute atomic E-state index is 14.4. The van der Waals surface area contributed by atoms with E-state index >= 15 is 0 Å². The number of amides is 2. The highest BCUT2D eigenvalue weighted by Crippen LogP contribution is 2.26. The van der Waals surface area contributed by atoms with E-state index in [0.717, 1.165) is 27.4 Å². The molecule has 0 aliphatic heterocycles. The number of hydrogen-bond donors (Lipinski definition) is 1. The first-order valence-electron chi connectivity index (χ1n) is 14.6. The molecule has 44 heavy (non-hydrogen) atoms. The Hall–Kier alpha value is -4.14. The second-order valence-electron chi connectivity index (χ2n) is 10.8. The van der Waals surface area contributed by atoms with Crippen LogP contribution in [0, 0.1) is 6.92 Å². The zero-order valence-electron chi connectivity index (χ0n) is 25.2. The zero-order chi connectivity index (χ0) is 31.7. The molecule has 0 fully saturated rings. The predicted octanol–water partition coefficient (Wildman–Crippen LogP) is 6.40. The molecule has 2 atom stereocenters. The monoisotopic (exact) mass is 631 g/mol. The molecule has 0 aromatic heterocycles. The lowest BCUT2D eigenvalue weighted by Gasteiger charge is -2.34. The predicted molar refractivity (Wildman–Crippen MR) is 176 cm³/mol. The third kappa shape index (κ3) is 8.49. The fraction of sp³-hybridized carbons (Fsp3) is 0.257. The summed E-state index contributed by atoms with van der Waals surface area (Å²) in [6.07, 6.45) is 0.979. The van der Waals surface area contributed by atoms with Crippen molar-refractivity contribution in [1.82, 2.24) is 10.2 Å². The van der Waals surface area contributed by atoms with Crippen LogP contribution in [0.2, 0.25) is 5.02 Å². The van der Waals surface area contributed by atoms with Crippen molar-refractivity contribution in [3.8, 4) is 0 Å². The molecule has 0 heterocycles. The van der Waals surface area contributed by atoms with Gasteiger partial charge in [0.05, 0.1) is 10.6 Å². The van der Waals surface area contributed by atoms with Crippen molar-refractivity contribution in [1.29, 1.82) is 0 Å². The molecule has 4 rings (SSSR count). The van der Waals surface area contributed by atoms with Gasteiger partial charge in [-0.2, -0.15) is 0 Å². The van der Waals surface area contributed by atoms with E-state index in [4.69, 9.17) is 11.6 Å². The zero-order valence-corrected chi connectivity index (χ0v) is 26.8. The van der Waals surface area contributed by atoms with E-state index in [1.54, 1.807) is 24.3 Å². The molecule has 0 aliphatic carbocycles. The van der Waals surface area contributed by atoms with E-state index in [9.17, 15) is 18.0 Å². The Labute approximate surface area is 265 Å². The molecule has 0 bridgehead atoms. The van der Waals surface area contributed by atoms with Crippen LogP contribution in [0.3, 0.4) is 0 Å². The van der Waals surface area contributed by atoms with Crippen LogP contribution in [0.1, 0.15) is 37.0 Å². The van der Waals surface area contributed by atoms with Crippen LogP contribution >= 0.6 is 11.6 Å². The Morgan fingerprint density at radius 1 is 0.818 bits per heavy atom. The van der Waals surface area contributed by atoms with Gasteiger partial charge in [0.25, 0.3) is 10.0 Å². The molecule has 0 unspecified atom stereocenters. The summed E-state index contributed by atoms with van der Waals surface area (Å²) in [6, 6.07) is 30.7. The Balaban J connectivity index is 1.79. The van der Waals surface area contributed by atoms with Gasteiger partial charge in [-0.05, 0) is 67.8 Å². The Morgan fingerprint density at radius 2 is 1.39 bits per heavy atom. The average Bonchev–Trinajstić information content (AvgIpc) is 3.03. The molecule has 0 radical (unpaired) electrons. The molecule has 0 saturated carbocycles. The number of nitrogens with zero attached hydrogens (tertiary/aromatic N) is 2. The van der Waals surface area contributed by atoms with Crippen molar-refractivity contribution >= 4 is 39.1 Å². The second kappa shape index (κ2) is 15.0. The van der Waals surface area contributed by atoms with Crippen LogP contribution in [-0.2, 0) is 32.6 Å². The minimum Gasteiger partial charge on any atom is -0.352 e. The van der Waals surface area contributed by atoms with Crippen molar-refractivity contribution in [3.63, 3.8) is 0 Å². The van der Waals surface area contributed by atoms with Crippen molar-refractivity contribution in [2.24, 2.45) is 0 Å². The molecule has 0 spiro atoms. The van der Waals surface area contributed by atoms with Gasteiger partial charge in [-0.3, -0.25) is 13.9 Å². The lowest BCUT2D eigenvalue weighted by molar-refractivity contribution is -0.140. The summed E-state index contributed by atoms with van der Waals surface area (Å²) < 4.78 is 29.2. The average molecular weight is 632 g/mol. The number of anilines is 1. The summed E-state index contributed by atoms with van der Waals surface area (Å²) in [4.78, 5) is 29.8. The van der Waals surface area contributed by atoms with Crippen molar-refractivity contribution < 1.29 is 18.0 Å². The Bertz CT molecular complexity index is 1630. The van der Waals surface area contributed by atoms with E-state index in [1.165, 1.54) is 29.2 Å². The van der Waals surface area contributed by atoms with Crippen LogP contribution in [0.25, 0.3) is 0 Å². The normalized spacial score (nSPS) is 12.6. The Morgan fingerprint density at radius 3 is 1.95 bits per heavy atom. The number of sulfonamides is 1. The quantitative estimate of drug-likeness (QED) is 0.185. The van der Waals surface area contributed by atoms with Gasteiger partial charge in [0.1, 0.15) is 12.6 Å². The smallest absolute Gasteiger partial charge is 0.264 e. The lowest BCUT2D eigenvalue weighted by Crippen LogP contribution is -2.54. The fourth-order valence-corrected chi connectivity index (χ4v) is 6.29. The molecule has 2 amide bonds. The molecule has 9 heteroatoms. The highest BCUT2D eigenvalue weighted by molar-refractivity contribution is 7.92. The number of hydrogen-bond acceptors (Lipinski definition) is 4. The summed E-state index contributed by atoms with van der Waals surface area (Å²) >= 11 is 6.05. The van der Waals surface area contributed by atoms with Gasteiger partial charge in [0.15, 0.2) is 0 Å². The number of halogens is 1. The fourth-order valence-electron chi connectivity index (χ4n) is 4.75. The van der Waals surface area contributed by atoms with Crippen molar-refractivity contribution in [2.45, 2.75) is 57.1 Å². The van der Waals surface area contributed by atoms with Gasteiger partial charge in [0.2, 0.25) is 11.8 Å². The molecule has 1 N–H and O–H groups in total. The first-order chi connectivity index (χ1) is 21.1. The van der Waals surface area contributed by atoms with Crippen LogP contribution < -0.4 is 9.62 Å². The first kappa shape index (κ1) is 32.8. The summed E-state index contributed by atoms with van der Waals surface area (Å²) in [5.74, 6) is -0.804. The van der Waals surface area contributed by atoms with Crippen molar-refractivity contribution in [2.75, 3.05) is 10.8 Å². The maximum Gasteiger partial charge on any atom is 0.264 e. The van der Waals surface area contributed by atoms with E-state index < -0.39 is 28.5 Å². The SMILES string of the molecule is CC[C@@H](C)NC(=O)[C@H](Cc1ccccc1)N(Cc1ccccc1)C(=O)CN(c1ccc(C)cc1)S(=O)(=O)c1ccc(Cl)cc1. The van der Waals surface area contributed by atoms with E-state index in [1.807, 2.05) is 81.4 Å². The number of carbonyl (C=O) groups excluding carboxylic acids is 2. The molecule has 7 nitrogen and oxygen atoms in total. The third-order valence-electron chi connectivity index (χ3n) is 7.47. The van der Waals surface area contributed by atoms with Crippen LogP contribution in [0.15, 0.2) is 114 Å². The van der Waals surface area contributed by atoms with Gasteiger partial charge in [-0.15, -0.1) is 0 Å². The summed E-state index contributed by atoms with van der Waals surface area (Å²) in [7, 11) is -4.19. The summed E-state index contributed by atoms with van der Waals surface area (Å²) in [5, 5.41) is 3.44. The van der Waals surface area contributed by atoms with E-state index in [2.05, 4.69) is 5.32 Å². The molecular formula is C35H38ClN3O4S. The highest BCUT2D eigenvalue weighted by atomic mass is 35.5. The largest absolute Gasteiger partial charge is 0.352 e. The topological polar surface area (TPSA) is 86.8 Å². The molecule has 0 saturated heterocycles. The lowest BCUT2D eigenvalue weighted by atomic mass is 10.0. The standard InChI is InChI=1S/C35H38ClN3O4S/c1-4-27(3)37-35(41)33(23-28-11-7-5-8-12-28)38(24-29-13-9-6-10-14-29)34(40)25-39(31-19-15-26(2)16-20-31)44(42,43)32-21-17-30(36)18-22-32/h5-22,27,33H,4,23-25H2,1-3H3,(H,37,41)/t27-,33+/m1/s1. The second-order valence-corrected chi connectivity index (χ2v) is 13.1. The van der Waals surface area contributed by atoms with Crippen LogP contribution in [0.5, 0.6) is 0 Å². The molecule has 4 aromatic rings. The molecule has 0 aliphatic rings. The van der Waals surface area contributed by atoms with Gasteiger partial charge in [-0.25, -0.2) is 8.42 Å².